The minimum Gasteiger partial charge on any atom is -0.130 e. The molecule has 3 unspecified atom stereocenters. The lowest BCUT2D eigenvalue weighted by molar-refractivity contribution is -1.01. The van der Waals surface area contributed by atoms with E-state index in [4.69, 9.17) is 5.10 Å². The molecule has 3 heteroatoms. The minimum absolute atomic E-state index is 0.510. The minimum atomic E-state index is 0.510. The van der Waals surface area contributed by atoms with E-state index in [2.05, 4.69) is 61.7 Å². The van der Waals surface area contributed by atoms with Crippen molar-refractivity contribution in [1.82, 2.24) is 5.01 Å². The zero-order valence-electron chi connectivity index (χ0n) is 12.4. The Bertz CT molecular complexity index is 492. The van der Waals surface area contributed by atoms with Crippen LogP contribution in [0.4, 0.5) is 0 Å². The highest BCUT2D eigenvalue weighted by Gasteiger charge is 2.46. The van der Waals surface area contributed by atoms with Crippen LogP contribution in [-0.2, 0) is 0 Å². The van der Waals surface area contributed by atoms with Crippen LogP contribution in [0.1, 0.15) is 37.2 Å². The van der Waals surface area contributed by atoms with Crippen LogP contribution in [0, 0.1) is 0 Å². The summed E-state index contributed by atoms with van der Waals surface area (Å²) in [6.07, 6.45) is 11.4. The Morgan fingerprint density at radius 1 is 1.10 bits per heavy atom. The van der Waals surface area contributed by atoms with Gasteiger partial charge in [-0.25, -0.2) is 0 Å². The zero-order chi connectivity index (χ0) is 14.0. The number of quaternary nitrogens is 1. The predicted molar refractivity (Wildman–Crippen MR) is 83.0 cm³/mol. The number of rotatable bonds is 3. The van der Waals surface area contributed by atoms with Gasteiger partial charge < -0.3 is 0 Å². The number of nitrogens with zero attached hydrogens (tertiary/aromatic N) is 3. The van der Waals surface area contributed by atoms with Crippen molar-refractivity contribution >= 4 is 6.21 Å². The topological polar surface area (TPSA) is 15.6 Å². The highest BCUT2D eigenvalue weighted by Crippen LogP contribution is 2.41. The summed E-state index contributed by atoms with van der Waals surface area (Å²) < 4.78 is 0.625. The number of benzene rings is 1. The molecule has 0 aromatic heterocycles. The first-order chi connectivity index (χ1) is 9.74. The maximum absolute atomic E-state index is 4.79. The molecule has 1 aliphatic carbocycles. The van der Waals surface area contributed by atoms with E-state index in [9.17, 15) is 0 Å². The van der Waals surface area contributed by atoms with Crippen molar-refractivity contribution in [2.45, 2.75) is 37.6 Å². The van der Waals surface area contributed by atoms with Gasteiger partial charge in [0.2, 0.25) is 0 Å². The van der Waals surface area contributed by atoms with E-state index < -0.39 is 0 Å². The molecular formula is C17H24N3+. The van der Waals surface area contributed by atoms with Crippen molar-refractivity contribution in [2.75, 3.05) is 14.1 Å². The Morgan fingerprint density at radius 2 is 1.85 bits per heavy atom. The Labute approximate surface area is 121 Å². The maximum Gasteiger partial charge on any atom is 0.145 e. The average molecular weight is 270 g/mol. The van der Waals surface area contributed by atoms with E-state index in [-0.39, 0.29) is 0 Å². The molecule has 0 amide bonds. The van der Waals surface area contributed by atoms with Crippen LogP contribution in [0.15, 0.2) is 47.7 Å². The molecule has 3 atom stereocenters. The van der Waals surface area contributed by atoms with Gasteiger partial charge in [0.1, 0.15) is 12.2 Å². The third-order valence-corrected chi connectivity index (χ3v) is 4.73. The largest absolute Gasteiger partial charge is 0.145 e. The maximum atomic E-state index is 4.79. The smallest absolute Gasteiger partial charge is 0.130 e. The van der Waals surface area contributed by atoms with Gasteiger partial charge in [-0.05, 0) is 18.4 Å². The molecule has 20 heavy (non-hydrogen) atoms. The lowest BCUT2D eigenvalue weighted by Gasteiger charge is -2.43. The molecule has 1 saturated carbocycles. The lowest BCUT2D eigenvalue weighted by Crippen LogP contribution is -2.57. The third-order valence-electron chi connectivity index (χ3n) is 4.73. The monoisotopic (exact) mass is 270 g/mol. The molecule has 2 aliphatic rings. The average Bonchev–Trinajstić information content (AvgIpc) is 2.99. The quantitative estimate of drug-likeness (QED) is 0.767. The van der Waals surface area contributed by atoms with Gasteiger partial charge in [-0.15, -0.1) is 5.01 Å². The molecule has 1 aromatic carbocycles. The molecule has 1 aliphatic heterocycles. The summed E-state index contributed by atoms with van der Waals surface area (Å²) in [5, 5.41) is 7.02. The van der Waals surface area contributed by atoms with Gasteiger partial charge in [0.05, 0.1) is 6.21 Å². The summed E-state index contributed by atoms with van der Waals surface area (Å²) >= 11 is 0. The normalized spacial score (nSPS) is 33.0. The molecule has 1 fully saturated rings. The van der Waals surface area contributed by atoms with Gasteiger partial charge >= 0.3 is 0 Å². The van der Waals surface area contributed by atoms with Gasteiger partial charge in [0.15, 0.2) is 0 Å². The van der Waals surface area contributed by atoms with E-state index >= 15 is 0 Å². The van der Waals surface area contributed by atoms with Gasteiger partial charge in [-0.2, -0.15) is 0 Å². The molecule has 0 bridgehead atoms. The standard InChI is InChI=1S/C17H24N3/c1-19(2)20(14-8-13-18-20)17-12-7-6-11-16(17)15-9-4-3-5-10-15/h3-5,8-10,13-14,16-17H,6-7,11-12H2,1-2H3/q+1. The van der Waals surface area contributed by atoms with E-state index in [1.165, 1.54) is 31.2 Å². The van der Waals surface area contributed by atoms with Gasteiger partial charge in [-0.1, -0.05) is 46.6 Å². The summed E-state index contributed by atoms with van der Waals surface area (Å²) in [5.74, 6) is 0.590. The van der Waals surface area contributed by atoms with Gasteiger partial charge in [0, 0.05) is 32.5 Å². The third kappa shape index (κ3) is 2.21. The Morgan fingerprint density at radius 3 is 2.50 bits per heavy atom. The van der Waals surface area contributed by atoms with E-state index in [0.717, 1.165) is 0 Å². The van der Waals surface area contributed by atoms with E-state index in [0.29, 0.717) is 16.7 Å². The van der Waals surface area contributed by atoms with Crippen LogP contribution in [-0.4, -0.2) is 36.1 Å². The van der Waals surface area contributed by atoms with Crippen LogP contribution in [0.2, 0.25) is 0 Å². The van der Waals surface area contributed by atoms with Crippen molar-refractivity contribution in [1.29, 1.82) is 0 Å². The van der Waals surface area contributed by atoms with Crippen molar-refractivity contribution in [3.63, 3.8) is 0 Å². The van der Waals surface area contributed by atoms with Crippen molar-refractivity contribution in [3.8, 4) is 0 Å². The van der Waals surface area contributed by atoms with Crippen LogP contribution >= 0.6 is 0 Å². The molecule has 3 rings (SSSR count). The van der Waals surface area contributed by atoms with Crippen molar-refractivity contribution < 1.29 is 4.70 Å². The highest BCUT2D eigenvalue weighted by atomic mass is 15.9. The second-order valence-corrected chi connectivity index (χ2v) is 6.02. The lowest BCUT2D eigenvalue weighted by atomic mass is 9.79. The van der Waals surface area contributed by atoms with Gasteiger partial charge in [0.25, 0.3) is 0 Å². The number of hydrogen-bond acceptors (Lipinski definition) is 2. The summed E-state index contributed by atoms with van der Waals surface area (Å²) in [6, 6.07) is 11.5. The molecule has 0 spiro atoms. The molecule has 0 radical (unpaired) electrons. The fourth-order valence-electron chi connectivity index (χ4n) is 3.73. The molecule has 106 valence electrons. The SMILES string of the molecule is CN(C)[N+]1(C2CCCCC2c2ccccc2)C=CC=N1. The molecule has 1 heterocycles. The number of hydrogen-bond donors (Lipinski definition) is 0. The summed E-state index contributed by atoms with van der Waals surface area (Å²) in [6.45, 7) is 0. The number of allylic oxidation sites excluding steroid dienone is 1. The molecule has 1 aromatic rings. The molecule has 0 saturated heterocycles. The Balaban J connectivity index is 1.97. The van der Waals surface area contributed by atoms with Crippen LogP contribution in [0.3, 0.4) is 0 Å². The zero-order valence-corrected chi connectivity index (χ0v) is 12.4. The first-order valence-corrected chi connectivity index (χ1v) is 7.58. The molecule has 0 N–H and O–H groups in total. The van der Waals surface area contributed by atoms with Crippen LogP contribution in [0.25, 0.3) is 0 Å². The predicted octanol–water partition coefficient (Wildman–Crippen LogP) is 3.52. The first-order valence-electron chi connectivity index (χ1n) is 7.58. The van der Waals surface area contributed by atoms with Gasteiger partial charge in [-0.3, -0.25) is 0 Å². The van der Waals surface area contributed by atoms with Crippen molar-refractivity contribution in [3.05, 3.63) is 48.2 Å². The summed E-state index contributed by atoms with van der Waals surface area (Å²) in [4.78, 5) is 0. The van der Waals surface area contributed by atoms with Crippen LogP contribution in [0.5, 0.6) is 0 Å². The Kier molecular flexibility index (Phi) is 3.72. The fourth-order valence-corrected chi connectivity index (χ4v) is 3.73. The summed E-state index contributed by atoms with van der Waals surface area (Å²) in [5.41, 5.74) is 1.46. The molecular weight excluding hydrogens is 246 g/mol. The first kappa shape index (κ1) is 13.5. The van der Waals surface area contributed by atoms with E-state index in [1.807, 2.05) is 6.21 Å². The second-order valence-electron chi connectivity index (χ2n) is 6.02. The fraction of sp³-hybridized carbons (Fsp3) is 0.471. The second kappa shape index (κ2) is 5.51. The van der Waals surface area contributed by atoms with E-state index in [1.54, 1.807) is 0 Å². The molecule has 3 nitrogen and oxygen atoms in total. The Hall–Kier alpha value is -1.45. The summed E-state index contributed by atoms with van der Waals surface area (Å²) in [7, 11) is 4.26. The highest BCUT2D eigenvalue weighted by molar-refractivity contribution is 5.71. The van der Waals surface area contributed by atoms with Crippen LogP contribution < -0.4 is 0 Å². The van der Waals surface area contributed by atoms with Crippen molar-refractivity contribution in [2.24, 2.45) is 5.10 Å².